The lowest BCUT2D eigenvalue weighted by Crippen LogP contribution is -2.30. The second-order valence-corrected chi connectivity index (χ2v) is 4.46. The minimum absolute atomic E-state index is 0. The molecule has 102 valence electrons. The van der Waals surface area contributed by atoms with Gasteiger partial charge in [-0.2, -0.15) is 0 Å². The molecule has 0 radical (unpaired) electrons. The SMILES string of the molecule is CNCCCNC(=O)C(C)c1cccc(Cl)c1.Cl. The third-order valence-corrected chi connectivity index (χ3v) is 2.88. The second kappa shape index (κ2) is 9.20. The van der Waals surface area contributed by atoms with Crippen LogP contribution in [0, 0.1) is 0 Å². The van der Waals surface area contributed by atoms with E-state index in [4.69, 9.17) is 11.6 Å². The molecule has 2 N–H and O–H groups in total. The van der Waals surface area contributed by atoms with E-state index < -0.39 is 0 Å². The highest BCUT2D eigenvalue weighted by atomic mass is 35.5. The number of hydrogen-bond acceptors (Lipinski definition) is 2. The molecule has 0 saturated carbocycles. The minimum atomic E-state index is -0.164. The fourth-order valence-corrected chi connectivity index (χ4v) is 1.76. The summed E-state index contributed by atoms with van der Waals surface area (Å²) in [7, 11) is 1.90. The normalized spacial score (nSPS) is 11.5. The van der Waals surface area contributed by atoms with Gasteiger partial charge in [-0.1, -0.05) is 23.7 Å². The lowest BCUT2D eigenvalue weighted by Gasteiger charge is -2.12. The van der Waals surface area contributed by atoms with E-state index in [1.54, 1.807) is 0 Å². The smallest absolute Gasteiger partial charge is 0.227 e. The molecule has 3 nitrogen and oxygen atoms in total. The fourth-order valence-electron chi connectivity index (χ4n) is 1.56. The van der Waals surface area contributed by atoms with E-state index in [9.17, 15) is 4.79 Å². The monoisotopic (exact) mass is 290 g/mol. The van der Waals surface area contributed by atoms with Crippen molar-refractivity contribution in [2.45, 2.75) is 19.3 Å². The number of rotatable bonds is 6. The molecule has 1 atom stereocenters. The van der Waals surface area contributed by atoms with E-state index in [2.05, 4.69) is 10.6 Å². The van der Waals surface area contributed by atoms with Crippen LogP contribution in [0.2, 0.25) is 5.02 Å². The van der Waals surface area contributed by atoms with Crippen molar-refractivity contribution in [1.29, 1.82) is 0 Å². The van der Waals surface area contributed by atoms with Gasteiger partial charge in [-0.05, 0) is 44.6 Å². The molecule has 1 unspecified atom stereocenters. The summed E-state index contributed by atoms with van der Waals surface area (Å²) in [6.07, 6.45) is 0.935. The molecule has 18 heavy (non-hydrogen) atoms. The topological polar surface area (TPSA) is 41.1 Å². The Kier molecular flexibility index (Phi) is 8.81. The van der Waals surface area contributed by atoms with Gasteiger partial charge >= 0.3 is 0 Å². The molecule has 1 aromatic carbocycles. The van der Waals surface area contributed by atoms with Gasteiger partial charge in [-0.3, -0.25) is 4.79 Å². The average molecular weight is 291 g/mol. The number of benzene rings is 1. The molecule has 5 heteroatoms. The van der Waals surface area contributed by atoms with Crippen molar-refractivity contribution in [2.75, 3.05) is 20.1 Å². The Labute approximate surface area is 120 Å². The maximum atomic E-state index is 11.8. The summed E-state index contributed by atoms with van der Waals surface area (Å²) < 4.78 is 0. The van der Waals surface area contributed by atoms with Gasteiger partial charge in [-0.15, -0.1) is 12.4 Å². The molecule has 0 saturated heterocycles. The quantitative estimate of drug-likeness (QED) is 0.791. The van der Waals surface area contributed by atoms with E-state index in [0.29, 0.717) is 11.6 Å². The molecule has 0 bridgehead atoms. The van der Waals surface area contributed by atoms with Gasteiger partial charge in [0.15, 0.2) is 0 Å². The first kappa shape index (κ1) is 17.2. The number of amides is 1. The summed E-state index contributed by atoms with van der Waals surface area (Å²) in [5, 5.41) is 6.62. The molecule has 0 aliphatic heterocycles. The van der Waals surface area contributed by atoms with Crippen molar-refractivity contribution < 1.29 is 4.79 Å². The zero-order chi connectivity index (χ0) is 12.7. The third kappa shape index (κ3) is 5.71. The lowest BCUT2D eigenvalue weighted by atomic mass is 10.0. The van der Waals surface area contributed by atoms with Crippen molar-refractivity contribution in [2.24, 2.45) is 0 Å². The first-order chi connectivity index (χ1) is 8.15. The second-order valence-electron chi connectivity index (χ2n) is 4.02. The standard InChI is InChI=1S/C13H19ClN2O.ClH/c1-10(11-5-3-6-12(14)9-11)13(17)16-8-4-7-15-2;/h3,5-6,9-10,15H,4,7-8H2,1-2H3,(H,16,17);1H. The van der Waals surface area contributed by atoms with Crippen LogP contribution >= 0.6 is 24.0 Å². The van der Waals surface area contributed by atoms with E-state index in [-0.39, 0.29) is 24.2 Å². The van der Waals surface area contributed by atoms with Gasteiger partial charge in [0.25, 0.3) is 0 Å². The lowest BCUT2D eigenvalue weighted by molar-refractivity contribution is -0.122. The van der Waals surface area contributed by atoms with Crippen LogP contribution in [0.5, 0.6) is 0 Å². The summed E-state index contributed by atoms with van der Waals surface area (Å²) in [4.78, 5) is 11.8. The van der Waals surface area contributed by atoms with Gasteiger partial charge in [0.1, 0.15) is 0 Å². The van der Waals surface area contributed by atoms with Crippen molar-refractivity contribution in [3.05, 3.63) is 34.9 Å². The Balaban J connectivity index is 0.00000289. The Morgan fingerprint density at radius 3 is 2.72 bits per heavy atom. The summed E-state index contributed by atoms with van der Waals surface area (Å²) >= 11 is 5.90. The van der Waals surface area contributed by atoms with Gasteiger partial charge in [0, 0.05) is 11.6 Å². The number of halogens is 2. The van der Waals surface area contributed by atoms with E-state index >= 15 is 0 Å². The number of carbonyl (C=O) groups is 1. The van der Waals surface area contributed by atoms with Crippen LogP contribution in [0.4, 0.5) is 0 Å². The first-order valence-electron chi connectivity index (χ1n) is 5.83. The Morgan fingerprint density at radius 1 is 1.39 bits per heavy atom. The Morgan fingerprint density at radius 2 is 2.11 bits per heavy atom. The number of hydrogen-bond donors (Lipinski definition) is 2. The summed E-state index contributed by atoms with van der Waals surface area (Å²) in [6.45, 7) is 3.50. The highest BCUT2D eigenvalue weighted by molar-refractivity contribution is 6.30. The van der Waals surface area contributed by atoms with Crippen LogP contribution in [0.3, 0.4) is 0 Å². The molecule has 0 aliphatic carbocycles. The maximum absolute atomic E-state index is 11.8. The zero-order valence-electron chi connectivity index (χ0n) is 10.7. The molecule has 0 spiro atoms. The number of carbonyl (C=O) groups excluding carboxylic acids is 1. The molecule has 1 rings (SSSR count). The van der Waals surface area contributed by atoms with Crippen LogP contribution < -0.4 is 10.6 Å². The first-order valence-corrected chi connectivity index (χ1v) is 6.20. The summed E-state index contributed by atoms with van der Waals surface area (Å²) in [5.41, 5.74) is 0.948. The highest BCUT2D eigenvalue weighted by Crippen LogP contribution is 2.19. The van der Waals surface area contributed by atoms with Gasteiger partial charge in [-0.25, -0.2) is 0 Å². The summed E-state index contributed by atoms with van der Waals surface area (Å²) in [6, 6.07) is 7.42. The maximum Gasteiger partial charge on any atom is 0.227 e. The van der Waals surface area contributed by atoms with Crippen LogP contribution in [-0.2, 0) is 4.79 Å². The van der Waals surface area contributed by atoms with Crippen molar-refractivity contribution in [3.8, 4) is 0 Å². The molecule has 0 aromatic heterocycles. The van der Waals surface area contributed by atoms with E-state index in [0.717, 1.165) is 18.5 Å². The predicted octanol–water partition coefficient (Wildman–Crippen LogP) is 2.59. The molecule has 0 aliphatic rings. The molecular formula is C13H20Cl2N2O. The third-order valence-electron chi connectivity index (χ3n) is 2.64. The molecular weight excluding hydrogens is 271 g/mol. The minimum Gasteiger partial charge on any atom is -0.356 e. The van der Waals surface area contributed by atoms with Crippen LogP contribution in [0.1, 0.15) is 24.8 Å². The molecule has 0 fully saturated rings. The van der Waals surface area contributed by atoms with Crippen LogP contribution in [-0.4, -0.2) is 26.0 Å². The Bertz CT molecular complexity index is 372. The van der Waals surface area contributed by atoms with Crippen molar-refractivity contribution >= 4 is 29.9 Å². The zero-order valence-corrected chi connectivity index (χ0v) is 12.3. The highest BCUT2D eigenvalue weighted by Gasteiger charge is 2.14. The van der Waals surface area contributed by atoms with E-state index in [1.807, 2.05) is 38.2 Å². The molecule has 1 amide bonds. The molecule has 1 aromatic rings. The Hall–Kier alpha value is -0.770. The molecule has 0 heterocycles. The largest absolute Gasteiger partial charge is 0.356 e. The average Bonchev–Trinajstić information content (AvgIpc) is 2.33. The van der Waals surface area contributed by atoms with Crippen LogP contribution in [0.25, 0.3) is 0 Å². The predicted molar refractivity (Wildman–Crippen MR) is 78.7 cm³/mol. The van der Waals surface area contributed by atoms with Gasteiger partial charge < -0.3 is 10.6 Å². The van der Waals surface area contributed by atoms with Crippen molar-refractivity contribution in [3.63, 3.8) is 0 Å². The fraction of sp³-hybridized carbons (Fsp3) is 0.462. The van der Waals surface area contributed by atoms with Gasteiger partial charge in [0.05, 0.1) is 5.92 Å². The van der Waals surface area contributed by atoms with E-state index in [1.165, 1.54) is 0 Å². The number of nitrogens with one attached hydrogen (secondary N) is 2. The van der Waals surface area contributed by atoms with Crippen molar-refractivity contribution in [1.82, 2.24) is 10.6 Å². The van der Waals surface area contributed by atoms with Crippen LogP contribution in [0.15, 0.2) is 24.3 Å². The summed E-state index contributed by atoms with van der Waals surface area (Å²) in [5.74, 6) is -0.119. The van der Waals surface area contributed by atoms with Gasteiger partial charge in [0.2, 0.25) is 5.91 Å².